The standard InChI is InChI=1S/C14H10F2N4O/c1-8-17-13-5-3-10(7-20(13)19-8)18-14(21)11-4-2-9(15)6-12(11)16/h2-7H,1H3,(H,18,21). The summed E-state index contributed by atoms with van der Waals surface area (Å²) in [5, 5.41) is 6.64. The summed E-state index contributed by atoms with van der Waals surface area (Å²) in [5.41, 5.74) is 0.839. The van der Waals surface area contributed by atoms with Crippen LogP contribution in [0.15, 0.2) is 36.5 Å². The first-order chi connectivity index (χ1) is 10.0. The lowest BCUT2D eigenvalue weighted by molar-refractivity contribution is 0.102. The van der Waals surface area contributed by atoms with Crippen LogP contribution in [-0.2, 0) is 0 Å². The predicted octanol–water partition coefficient (Wildman–Crippen LogP) is 2.57. The molecule has 0 aliphatic heterocycles. The highest BCUT2D eigenvalue weighted by Gasteiger charge is 2.13. The third-order valence-corrected chi connectivity index (χ3v) is 2.87. The fraction of sp³-hybridized carbons (Fsp3) is 0.0714. The first-order valence-electron chi connectivity index (χ1n) is 6.12. The molecule has 0 bridgehead atoms. The minimum Gasteiger partial charge on any atom is -0.320 e. The van der Waals surface area contributed by atoms with Gasteiger partial charge in [-0.1, -0.05) is 0 Å². The number of halogens is 2. The number of hydrogen-bond acceptors (Lipinski definition) is 3. The van der Waals surface area contributed by atoms with E-state index in [-0.39, 0.29) is 5.56 Å². The summed E-state index contributed by atoms with van der Waals surface area (Å²) in [5.74, 6) is -1.71. The Kier molecular flexibility index (Phi) is 3.09. The van der Waals surface area contributed by atoms with Gasteiger partial charge in [-0.25, -0.2) is 18.3 Å². The number of rotatable bonds is 2. The van der Waals surface area contributed by atoms with Crippen molar-refractivity contribution < 1.29 is 13.6 Å². The van der Waals surface area contributed by atoms with Crippen LogP contribution in [0.2, 0.25) is 0 Å². The molecule has 2 heterocycles. The number of fused-ring (bicyclic) bond motifs is 1. The molecule has 3 aromatic rings. The molecule has 21 heavy (non-hydrogen) atoms. The van der Waals surface area contributed by atoms with Crippen LogP contribution in [-0.4, -0.2) is 20.5 Å². The van der Waals surface area contributed by atoms with Crippen molar-refractivity contribution in [3.8, 4) is 0 Å². The zero-order valence-electron chi connectivity index (χ0n) is 11.0. The molecule has 0 spiro atoms. The average Bonchev–Trinajstić information content (AvgIpc) is 2.77. The van der Waals surface area contributed by atoms with Gasteiger partial charge in [-0.3, -0.25) is 4.79 Å². The number of nitrogens with zero attached hydrogens (tertiary/aromatic N) is 3. The van der Waals surface area contributed by atoms with E-state index in [9.17, 15) is 13.6 Å². The van der Waals surface area contributed by atoms with E-state index in [4.69, 9.17) is 0 Å². The maximum atomic E-state index is 13.5. The largest absolute Gasteiger partial charge is 0.320 e. The van der Waals surface area contributed by atoms with Crippen molar-refractivity contribution in [1.29, 1.82) is 0 Å². The van der Waals surface area contributed by atoms with Gasteiger partial charge in [0.05, 0.1) is 17.4 Å². The molecule has 0 aliphatic rings. The molecule has 5 nitrogen and oxygen atoms in total. The molecule has 2 aromatic heterocycles. The highest BCUT2D eigenvalue weighted by atomic mass is 19.1. The SMILES string of the molecule is Cc1nc2ccc(NC(=O)c3ccc(F)cc3F)cn2n1. The fourth-order valence-corrected chi connectivity index (χ4v) is 1.94. The van der Waals surface area contributed by atoms with Gasteiger partial charge < -0.3 is 5.32 Å². The van der Waals surface area contributed by atoms with E-state index in [1.165, 1.54) is 4.52 Å². The second kappa shape index (κ2) is 4.93. The molecule has 1 amide bonds. The molecule has 1 aromatic carbocycles. The Morgan fingerprint density at radius 1 is 1.24 bits per heavy atom. The van der Waals surface area contributed by atoms with Gasteiger partial charge in [-0.15, -0.1) is 0 Å². The molecule has 0 saturated heterocycles. The summed E-state index contributed by atoms with van der Waals surface area (Å²) in [6.45, 7) is 1.75. The van der Waals surface area contributed by atoms with Crippen LogP contribution in [0.3, 0.4) is 0 Å². The quantitative estimate of drug-likeness (QED) is 0.788. The lowest BCUT2D eigenvalue weighted by Crippen LogP contribution is -2.14. The second-order valence-corrected chi connectivity index (χ2v) is 4.46. The molecule has 0 saturated carbocycles. The number of carbonyl (C=O) groups excluding carboxylic acids is 1. The molecular weight excluding hydrogens is 278 g/mol. The van der Waals surface area contributed by atoms with Crippen LogP contribution in [0, 0.1) is 18.6 Å². The zero-order chi connectivity index (χ0) is 15.0. The summed E-state index contributed by atoms with van der Waals surface area (Å²) in [6.07, 6.45) is 1.56. The van der Waals surface area contributed by atoms with E-state index in [2.05, 4.69) is 15.4 Å². The van der Waals surface area contributed by atoms with Crippen molar-refractivity contribution in [2.45, 2.75) is 6.92 Å². The monoisotopic (exact) mass is 288 g/mol. The van der Waals surface area contributed by atoms with Gasteiger partial charge in [-0.05, 0) is 31.2 Å². The highest BCUT2D eigenvalue weighted by molar-refractivity contribution is 6.04. The summed E-state index contributed by atoms with van der Waals surface area (Å²) in [6, 6.07) is 6.10. The van der Waals surface area contributed by atoms with Gasteiger partial charge in [0.1, 0.15) is 17.5 Å². The third kappa shape index (κ3) is 2.58. The number of hydrogen-bond donors (Lipinski definition) is 1. The predicted molar refractivity (Wildman–Crippen MR) is 72.0 cm³/mol. The van der Waals surface area contributed by atoms with Crippen LogP contribution in [0.1, 0.15) is 16.2 Å². The van der Waals surface area contributed by atoms with Gasteiger partial charge in [0, 0.05) is 6.07 Å². The van der Waals surface area contributed by atoms with E-state index >= 15 is 0 Å². The minimum absolute atomic E-state index is 0.230. The maximum Gasteiger partial charge on any atom is 0.258 e. The van der Waals surface area contributed by atoms with Crippen LogP contribution < -0.4 is 5.32 Å². The lowest BCUT2D eigenvalue weighted by atomic mass is 10.2. The molecule has 7 heteroatoms. The van der Waals surface area contributed by atoms with E-state index < -0.39 is 17.5 Å². The fourth-order valence-electron chi connectivity index (χ4n) is 1.94. The molecule has 0 unspecified atom stereocenters. The summed E-state index contributed by atoms with van der Waals surface area (Å²) < 4.78 is 27.9. The molecule has 106 valence electrons. The first kappa shape index (κ1) is 13.2. The highest BCUT2D eigenvalue weighted by Crippen LogP contribution is 2.14. The first-order valence-corrected chi connectivity index (χ1v) is 6.12. The van der Waals surface area contributed by atoms with Crippen LogP contribution in [0.25, 0.3) is 5.65 Å². The van der Waals surface area contributed by atoms with Crippen LogP contribution >= 0.6 is 0 Å². The third-order valence-electron chi connectivity index (χ3n) is 2.87. The molecule has 3 rings (SSSR count). The van der Waals surface area contributed by atoms with E-state index in [1.807, 2.05) is 0 Å². The van der Waals surface area contributed by atoms with Gasteiger partial charge in [0.2, 0.25) is 0 Å². The van der Waals surface area contributed by atoms with Crippen molar-refractivity contribution in [2.24, 2.45) is 0 Å². The Hall–Kier alpha value is -2.83. The Morgan fingerprint density at radius 2 is 2.05 bits per heavy atom. The van der Waals surface area contributed by atoms with Crippen molar-refractivity contribution in [1.82, 2.24) is 14.6 Å². The van der Waals surface area contributed by atoms with Crippen LogP contribution in [0.5, 0.6) is 0 Å². The van der Waals surface area contributed by atoms with E-state index in [0.29, 0.717) is 23.2 Å². The molecule has 0 aliphatic carbocycles. The number of anilines is 1. The smallest absolute Gasteiger partial charge is 0.258 e. The average molecular weight is 288 g/mol. The normalized spacial score (nSPS) is 10.8. The van der Waals surface area contributed by atoms with E-state index in [0.717, 1.165) is 12.1 Å². The van der Waals surface area contributed by atoms with Gasteiger partial charge >= 0.3 is 0 Å². The maximum absolute atomic E-state index is 13.5. The number of benzene rings is 1. The lowest BCUT2D eigenvalue weighted by Gasteiger charge is -2.06. The zero-order valence-corrected chi connectivity index (χ0v) is 11.0. The molecule has 0 atom stereocenters. The Bertz CT molecular complexity index is 844. The van der Waals surface area contributed by atoms with Crippen molar-refractivity contribution >= 4 is 17.2 Å². The van der Waals surface area contributed by atoms with Gasteiger partial charge in [0.15, 0.2) is 5.65 Å². The topological polar surface area (TPSA) is 59.3 Å². The Labute approximate surface area is 118 Å². The molecular formula is C14H10F2N4O. The van der Waals surface area contributed by atoms with Gasteiger partial charge in [-0.2, -0.15) is 5.10 Å². The van der Waals surface area contributed by atoms with Crippen molar-refractivity contribution in [3.05, 3.63) is 59.6 Å². The summed E-state index contributed by atoms with van der Waals surface area (Å²) in [7, 11) is 0. The number of aromatic nitrogens is 3. The summed E-state index contributed by atoms with van der Waals surface area (Å²) in [4.78, 5) is 16.1. The number of nitrogens with one attached hydrogen (secondary N) is 1. The molecule has 0 fully saturated rings. The number of pyridine rings is 1. The van der Waals surface area contributed by atoms with E-state index in [1.54, 1.807) is 25.3 Å². The Morgan fingerprint density at radius 3 is 2.81 bits per heavy atom. The van der Waals surface area contributed by atoms with Crippen LogP contribution in [0.4, 0.5) is 14.5 Å². The van der Waals surface area contributed by atoms with Gasteiger partial charge in [0.25, 0.3) is 5.91 Å². The second-order valence-electron chi connectivity index (χ2n) is 4.46. The summed E-state index contributed by atoms with van der Waals surface area (Å²) >= 11 is 0. The molecule has 1 N–H and O–H groups in total. The number of carbonyl (C=O) groups is 1. The number of amides is 1. The number of aryl methyl sites for hydroxylation is 1. The van der Waals surface area contributed by atoms with Crippen molar-refractivity contribution in [2.75, 3.05) is 5.32 Å². The molecule has 0 radical (unpaired) electrons. The Balaban J connectivity index is 1.88. The van der Waals surface area contributed by atoms with Crippen molar-refractivity contribution in [3.63, 3.8) is 0 Å². The minimum atomic E-state index is -0.912.